The number of rotatable bonds is 10. The summed E-state index contributed by atoms with van der Waals surface area (Å²) in [6, 6.07) is 16.9. The molecule has 5 heteroatoms. The lowest BCUT2D eigenvalue weighted by Crippen LogP contribution is -2.25. The Hall–Kier alpha value is -3.64. The molecule has 0 spiro atoms. The zero-order valence-electron chi connectivity index (χ0n) is 26.2. The van der Waals surface area contributed by atoms with E-state index in [1.54, 1.807) is 0 Å². The predicted octanol–water partition coefficient (Wildman–Crippen LogP) is 7.29. The van der Waals surface area contributed by atoms with Gasteiger partial charge < -0.3 is 24.8 Å². The van der Waals surface area contributed by atoms with Crippen LogP contribution >= 0.6 is 0 Å². The number of hydrogen-bond donors (Lipinski definition) is 3. The van der Waals surface area contributed by atoms with Crippen LogP contribution in [0.3, 0.4) is 0 Å². The molecule has 0 amide bonds. The molecular weight excluding hydrogens is 524 g/mol. The third-order valence-corrected chi connectivity index (χ3v) is 8.14. The zero-order chi connectivity index (χ0) is 30.7. The second-order valence-corrected chi connectivity index (χ2v) is 11.6. The predicted molar refractivity (Wildman–Crippen MR) is 170 cm³/mol. The lowest BCUT2D eigenvalue weighted by Gasteiger charge is -2.20. The highest BCUT2D eigenvalue weighted by molar-refractivity contribution is 5.70. The van der Waals surface area contributed by atoms with Crippen molar-refractivity contribution in [1.82, 2.24) is 0 Å². The van der Waals surface area contributed by atoms with E-state index in [-0.39, 0.29) is 26.4 Å². The molecule has 4 aromatic rings. The minimum Gasteiger partial charge on any atom is -0.490 e. The van der Waals surface area contributed by atoms with Gasteiger partial charge in [0.2, 0.25) is 0 Å². The van der Waals surface area contributed by atoms with Crippen molar-refractivity contribution in [2.24, 2.45) is 0 Å². The fraction of sp³-hybridized carbons (Fsp3) is 0.351. The van der Waals surface area contributed by atoms with E-state index in [9.17, 15) is 15.3 Å². The van der Waals surface area contributed by atoms with Crippen LogP contribution in [0.5, 0.6) is 11.5 Å². The van der Waals surface area contributed by atoms with Crippen LogP contribution in [-0.2, 0) is 13.2 Å². The summed E-state index contributed by atoms with van der Waals surface area (Å²) in [5, 5.41) is 30.0. The van der Waals surface area contributed by atoms with E-state index in [0.29, 0.717) is 0 Å². The van der Waals surface area contributed by atoms with E-state index in [1.165, 1.54) is 0 Å². The highest BCUT2D eigenvalue weighted by atomic mass is 16.5. The fourth-order valence-corrected chi connectivity index (χ4v) is 5.92. The highest BCUT2D eigenvalue weighted by Gasteiger charge is 2.15. The van der Waals surface area contributed by atoms with Crippen LogP contribution in [0, 0.1) is 55.4 Å². The van der Waals surface area contributed by atoms with Gasteiger partial charge in [0, 0.05) is 0 Å². The van der Waals surface area contributed by atoms with E-state index >= 15 is 0 Å². The van der Waals surface area contributed by atoms with Crippen LogP contribution in [0.15, 0.2) is 48.5 Å². The summed E-state index contributed by atoms with van der Waals surface area (Å²) in [4.78, 5) is 0. The summed E-state index contributed by atoms with van der Waals surface area (Å²) in [6.45, 7) is 16.5. The Labute approximate surface area is 250 Å². The topological polar surface area (TPSA) is 79.2 Å². The third kappa shape index (κ3) is 6.70. The smallest absolute Gasteiger partial charge is 0.125 e. The van der Waals surface area contributed by atoms with Gasteiger partial charge in [-0.3, -0.25) is 0 Å². The molecule has 0 aliphatic rings. The molecule has 0 saturated heterocycles. The largest absolute Gasteiger partial charge is 0.490 e. The van der Waals surface area contributed by atoms with E-state index < -0.39 is 6.10 Å². The molecule has 0 fully saturated rings. The highest BCUT2D eigenvalue weighted by Crippen LogP contribution is 2.34. The standard InChI is InChI=1S/C37H44O5/c1-21-9-29(10-22(2)34(21)17-38)31-13-25(5)36(26(6)14-31)41-19-33(40)20-42-37-27(7)15-32(16-28(37)8)30-11-23(3)35(18-39)24(4)12-30/h9-16,33,38-40H,17-20H2,1-8H3. The quantitative estimate of drug-likeness (QED) is 0.187. The minimum atomic E-state index is -0.797. The van der Waals surface area contributed by atoms with Gasteiger partial charge >= 0.3 is 0 Å². The molecule has 222 valence electrons. The monoisotopic (exact) mass is 568 g/mol. The molecule has 0 bridgehead atoms. The van der Waals surface area contributed by atoms with Gasteiger partial charge in [-0.2, -0.15) is 0 Å². The first-order valence-electron chi connectivity index (χ1n) is 14.5. The molecule has 42 heavy (non-hydrogen) atoms. The first kappa shape index (κ1) is 31.3. The lowest BCUT2D eigenvalue weighted by molar-refractivity contribution is 0.0617. The van der Waals surface area contributed by atoms with Crippen LogP contribution in [0.4, 0.5) is 0 Å². The average Bonchev–Trinajstić information content (AvgIpc) is 2.91. The molecule has 0 heterocycles. The molecule has 0 unspecified atom stereocenters. The van der Waals surface area contributed by atoms with Gasteiger partial charge in [-0.1, -0.05) is 24.3 Å². The van der Waals surface area contributed by atoms with E-state index in [0.717, 1.165) is 89.4 Å². The van der Waals surface area contributed by atoms with Crippen LogP contribution in [0.25, 0.3) is 22.3 Å². The Morgan fingerprint density at radius 1 is 0.452 bits per heavy atom. The van der Waals surface area contributed by atoms with E-state index in [2.05, 4.69) is 48.5 Å². The molecular formula is C37H44O5. The van der Waals surface area contributed by atoms with Crippen molar-refractivity contribution in [1.29, 1.82) is 0 Å². The zero-order valence-corrected chi connectivity index (χ0v) is 26.2. The number of aliphatic hydroxyl groups is 3. The molecule has 0 aliphatic heterocycles. The third-order valence-electron chi connectivity index (χ3n) is 8.14. The van der Waals surface area contributed by atoms with Crippen molar-refractivity contribution in [3.63, 3.8) is 0 Å². The van der Waals surface area contributed by atoms with Crippen molar-refractivity contribution in [3.05, 3.63) is 104 Å². The normalized spacial score (nSPS) is 11.3. The number of aliphatic hydroxyl groups excluding tert-OH is 3. The Morgan fingerprint density at radius 2 is 0.690 bits per heavy atom. The fourth-order valence-electron chi connectivity index (χ4n) is 5.92. The SMILES string of the molecule is Cc1cc(-c2cc(C)c(OCC(O)COc3c(C)cc(-c4cc(C)c(CO)c(C)c4)cc3C)c(C)c2)cc(C)c1CO. The van der Waals surface area contributed by atoms with Gasteiger partial charge in [-0.15, -0.1) is 0 Å². The van der Waals surface area contributed by atoms with Crippen molar-refractivity contribution in [3.8, 4) is 33.8 Å². The maximum Gasteiger partial charge on any atom is 0.125 e. The van der Waals surface area contributed by atoms with Crippen LogP contribution in [0.2, 0.25) is 0 Å². The maximum atomic E-state index is 10.7. The second kappa shape index (κ2) is 13.1. The summed E-state index contributed by atoms with van der Waals surface area (Å²) in [6.07, 6.45) is -0.797. The molecule has 0 saturated carbocycles. The van der Waals surface area contributed by atoms with Crippen molar-refractivity contribution in [2.75, 3.05) is 13.2 Å². The first-order valence-corrected chi connectivity index (χ1v) is 14.5. The van der Waals surface area contributed by atoms with Crippen molar-refractivity contribution in [2.45, 2.75) is 74.7 Å². The maximum absolute atomic E-state index is 10.7. The van der Waals surface area contributed by atoms with Crippen LogP contribution in [0.1, 0.15) is 55.6 Å². The summed E-state index contributed by atoms with van der Waals surface area (Å²) >= 11 is 0. The minimum absolute atomic E-state index is 0.0409. The number of ether oxygens (including phenoxy) is 2. The van der Waals surface area contributed by atoms with Gasteiger partial charge in [0.25, 0.3) is 0 Å². The Kier molecular flexibility index (Phi) is 9.78. The molecule has 3 N–H and O–H groups in total. The lowest BCUT2D eigenvalue weighted by atomic mass is 9.94. The van der Waals surface area contributed by atoms with Gasteiger partial charge in [0.1, 0.15) is 30.8 Å². The molecule has 4 rings (SSSR count). The van der Waals surface area contributed by atoms with Gasteiger partial charge in [-0.25, -0.2) is 0 Å². The number of benzene rings is 4. The van der Waals surface area contributed by atoms with Gasteiger partial charge in [0.15, 0.2) is 0 Å². The first-order chi connectivity index (χ1) is 19.9. The van der Waals surface area contributed by atoms with Gasteiger partial charge in [-0.05, 0) is 158 Å². The average molecular weight is 569 g/mol. The Balaban J connectivity index is 1.42. The van der Waals surface area contributed by atoms with Crippen molar-refractivity contribution >= 4 is 0 Å². The van der Waals surface area contributed by atoms with Gasteiger partial charge in [0.05, 0.1) is 13.2 Å². The number of hydrogen-bond acceptors (Lipinski definition) is 5. The van der Waals surface area contributed by atoms with Crippen molar-refractivity contribution < 1.29 is 24.8 Å². The molecule has 0 aromatic heterocycles. The summed E-state index contributed by atoms with van der Waals surface area (Å²) in [5.74, 6) is 1.54. The summed E-state index contributed by atoms with van der Waals surface area (Å²) in [7, 11) is 0. The molecule has 5 nitrogen and oxygen atoms in total. The summed E-state index contributed by atoms with van der Waals surface area (Å²) in [5.41, 5.74) is 14.7. The van der Waals surface area contributed by atoms with E-state index in [4.69, 9.17) is 9.47 Å². The Morgan fingerprint density at radius 3 is 0.929 bits per heavy atom. The molecule has 0 radical (unpaired) electrons. The van der Waals surface area contributed by atoms with E-state index in [1.807, 2.05) is 55.4 Å². The molecule has 0 atom stereocenters. The Bertz CT molecular complexity index is 1390. The second-order valence-electron chi connectivity index (χ2n) is 11.6. The van der Waals surface area contributed by atoms with Crippen LogP contribution in [-0.4, -0.2) is 34.6 Å². The molecule has 4 aromatic carbocycles. The molecule has 0 aliphatic carbocycles. The number of aryl methyl sites for hydroxylation is 8. The van der Waals surface area contributed by atoms with Crippen LogP contribution < -0.4 is 9.47 Å². The summed E-state index contributed by atoms with van der Waals surface area (Å²) < 4.78 is 12.2.